The van der Waals surface area contributed by atoms with Crippen molar-refractivity contribution in [3.05, 3.63) is 52.9 Å². The quantitative estimate of drug-likeness (QED) is 0.453. The Morgan fingerprint density at radius 2 is 2.10 bits per heavy atom. The summed E-state index contributed by atoms with van der Waals surface area (Å²) in [7, 11) is 0. The summed E-state index contributed by atoms with van der Waals surface area (Å²) in [4.78, 5) is 21.4. The van der Waals surface area contributed by atoms with Crippen molar-refractivity contribution in [1.82, 2.24) is 10.2 Å². The molecule has 3 heterocycles. The van der Waals surface area contributed by atoms with Crippen molar-refractivity contribution < 1.29 is 4.79 Å². The molecule has 5 N–H and O–H groups in total. The predicted molar refractivity (Wildman–Crippen MR) is 130 cm³/mol. The number of fused-ring (bicyclic) bond motifs is 3. The standard InChI is InChI=1S/C22H24N6OS2/c1-22(26-15-3-2-4-16(11-15)31-23)25-13-14-5-6-18-17(20(14)27-22)12-19(30-18)21(29)28-9-7-24-8-10-28/h2-6,11-13,24,26-27H,7-10,23H2,1H3. The van der Waals surface area contributed by atoms with Gasteiger partial charge in [0.15, 0.2) is 0 Å². The highest BCUT2D eigenvalue weighted by Crippen LogP contribution is 2.37. The molecule has 7 nitrogen and oxygen atoms in total. The van der Waals surface area contributed by atoms with E-state index in [2.05, 4.69) is 28.1 Å². The molecule has 1 unspecified atom stereocenters. The molecule has 0 radical (unpaired) electrons. The fourth-order valence-corrected chi connectivity index (χ4v) is 5.36. The maximum absolute atomic E-state index is 13.0. The van der Waals surface area contributed by atoms with Gasteiger partial charge in [0.1, 0.15) is 0 Å². The first-order valence-corrected chi connectivity index (χ1v) is 11.9. The lowest BCUT2D eigenvalue weighted by atomic mass is 10.1. The van der Waals surface area contributed by atoms with E-state index in [-0.39, 0.29) is 5.91 Å². The topological polar surface area (TPSA) is 94.8 Å². The van der Waals surface area contributed by atoms with Crippen molar-refractivity contribution in [3.8, 4) is 0 Å². The molecule has 3 aromatic rings. The molecule has 1 fully saturated rings. The summed E-state index contributed by atoms with van der Waals surface area (Å²) in [5.41, 5.74) is 2.93. The lowest BCUT2D eigenvalue weighted by Crippen LogP contribution is -2.46. The van der Waals surface area contributed by atoms with Crippen LogP contribution >= 0.6 is 23.3 Å². The van der Waals surface area contributed by atoms with Crippen LogP contribution in [0.15, 0.2) is 52.4 Å². The number of nitrogens with one attached hydrogen (secondary N) is 3. The molecule has 31 heavy (non-hydrogen) atoms. The number of piperazine rings is 1. The number of anilines is 2. The van der Waals surface area contributed by atoms with Gasteiger partial charge < -0.3 is 20.9 Å². The average Bonchev–Trinajstić information content (AvgIpc) is 3.24. The maximum atomic E-state index is 13.0. The molecule has 160 valence electrons. The molecule has 0 spiro atoms. The van der Waals surface area contributed by atoms with Gasteiger partial charge in [-0.05, 0) is 55.3 Å². The van der Waals surface area contributed by atoms with Crippen LogP contribution in [0.4, 0.5) is 11.4 Å². The third kappa shape index (κ3) is 4.01. The monoisotopic (exact) mass is 452 g/mol. The smallest absolute Gasteiger partial charge is 0.264 e. The molecule has 1 aromatic heterocycles. The third-order valence-electron chi connectivity index (χ3n) is 5.54. The molecular formula is C22H24N6OS2. The Hall–Kier alpha value is -2.59. The van der Waals surface area contributed by atoms with Gasteiger partial charge in [-0.3, -0.25) is 9.93 Å². The Morgan fingerprint density at radius 1 is 1.26 bits per heavy atom. The summed E-state index contributed by atoms with van der Waals surface area (Å²) in [5.74, 6) is -0.609. The molecule has 2 aliphatic heterocycles. The van der Waals surface area contributed by atoms with E-state index < -0.39 is 5.79 Å². The largest absolute Gasteiger partial charge is 0.345 e. The van der Waals surface area contributed by atoms with Crippen LogP contribution in [0.25, 0.3) is 10.1 Å². The highest BCUT2D eigenvalue weighted by atomic mass is 32.2. The van der Waals surface area contributed by atoms with Crippen molar-refractivity contribution in [2.75, 3.05) is 36.8 Å². The van der Waals surface area contributed by atoms with Crippen LogP contribution in [0.1, 0.15) is 22.2 Å². The minimum atomic E-state index is -0.718. The van der Waals surface area contributed by atoms with E-state index in [4.69, 9.17) is 10.1 Å². The molecule has 0 aliphatic carbocycles. The van der Waals surface area contributed by atoms with Gasteiger partial charge in [0, 0.05) is 58.6 Å². The van der Waals surface area contributed by atoms with Gasteiger partial charge in [0.2, 0.25) is 5.79 Å². The summed E-state index contributed by atoms with van der Waals surface area (Å²) in [6.45, 7) is 5.18. The lowest BCUT2D eigenvalue weighted by molar-refractivity contribution is 0.0741. The van der Waals surface area contributed by atoms with Crippen LogP contribution < -0.4 is 21.1 Å². The van der Waals surface area contributed by atoms with E-state index in [0.717, 1.165) is 63.0 Å². The second-order valence-electron chi connectivity index (χ2n) is 7.82. The SMILES string of the molecule is CC1(Nc2cccc(SN)c2)N=Cc2ccc3sc(C(=O)N4CCNCC4)cc3c2N1. The second-order valence-corrected chi connectivity index (χ2v) is 9.61. The van der Waals surface area contributed by atoms with Crippen molar-refractivity contribution in [1.29, 1.82) is 0 Å². The van der Waals surface area contributed by atoms with E-state index in [1.807, 2.05) is 48.4 Å². The molecule has 0 bridgehead atoms. The number of thiophene rings is 1. The number of nitrogens with zero attached hydrogens (tertiary/aromatic N) is 2. The molecule has 0 saturated carbocycles. The van der Waals surface area contributed by atoms with Crippen molar-refractivity contribution in [2.24, 2.45) is 10.1 Å². The van der Waals surface area contributed by atoms with E-state index in [1.165, 1.54) is 11.9 Å². The summed E-state index contributed by atoms with van der Waals surface area (Å²) in [6.07, 6.45) is 1.88. The first-order chi connectivity index (χ1) is 15.0. The highest BCUT2D eigenvalue weighted by molar-refractivity contribution is 7.97. The molecule has 2 aromatic carbocycles. The number of nitrogens with two attached hydrogens (primary N) is 1. The first-order valence-electron chi connectivity index (χ1n) is 10.2. The number of rotatable bonds is 4. The van der Waals surface area contributed by atoms with Gasteiger partial charge in [-0.15, -0.1) is 11.3 Å². The van der Waals surface area contributed by atoms with E-state index >= 15 is 0 Å². The minimum absolute atomic E-state index is 0.109. The number of hydrogen-bond acceptors (Lipinski definition) is 8. The van der Waals surface area contributed by atoms with Crippen LogP contribution in [0.3, 0.4) is 0 Å². The van der Waals surface area contributed by atoms with Gasteiger partial charge in [-0.2, -0.15) is 0 Å². The minimum Gasteiger partial charge on any atom is -0.345 e. The Kier molecular flexibility index (Phi) is 5.35. The van der Waals surface area contributed by atoms with Crippen molar-refractivity contribution >= 4 is 56.9 Å². The first kappa shape index (κ1) is 20.3. The summed E-state index contributed by atoms with van der Waals surface area (Å²) in [6, 6.07) is 14.1. The summed E-state index contributed by atoms with van der Waals surface area (Å²) in [5, 5.41) is 17.1. The Labute approximate surface area is 189 Å². The van der Waals surface area contributed by atoms with E-state index in [1.54, 1.807) is 11.3 Å². The van der Waals surface area contributed by atoms with E-state index in [0.29, 0.717) is 0 Å². The molecular weight excluding hydrogens is 428 g/mol. The number of hydrogen-bond donors (Lipinski definition) is 4. The number of benzene rings is 2. The fourth-order valence-electron chi connectivity index (χ4n) is 3.97. The van der Waals surface area contributed by atoms with Crippen molar-refractivity contribution in [2.45, 2.75) is 17.6 Å². The normalized spacial score (nSPS) is 20.4. The van der Waals surface area contributed by atoms with Crippen LogP contribution in [-0.4, -0.2) is 49.0 Å². The lowest BCUT2D eigenvalue weighted by Gasteiger charge is -2.33. The molecule has 5 rings (SSSR count). The zero-order valence-electron chi connectivity index (χ0n) is 17.1. The van der Waals surface area contributed by atoms with Gasteiger partial charge >= 0.3 is 0 Å². The van der Waals surface area contributed by atoms with Crippen LogP contribution in [0.5, 0.6) is 0 Å². The second kappa shape index (κ2) is 8.16. The predicted octanol–water partition coefficient (Wildman–Crippen LogP) is 3.54. The number of carbonyl (C=O) groups excluding carboxylic acids is 1. The highest BCUT2D eigenvalue weighted by Gasteiger charge is 2.29. The number of amides is 1. The van der Waals surface area contributed by atoms with Gasteiger partial charge in [0.05, 0.1) is 10.6 Å². The Balaban J connectivity index is 1.45. The molecule has 2 aliphatic rings. The zero-order valence-corrected chi connectivity index (χ0v) is 18.8. The van der Waals surface area contributed by atoms with Crippen LogP contribution in [0.2, 0.25) is 0 Å². The zero-order chi connectivity index (χ0) is 21.4. The maximum Gasteiger partial charge on any atom is 0.264 e. The summed E-state index contributed by atoms with van der Waals surface area (Å²) >= 11 is 2.76. The van der Waals surface area contributed by atoms with Crippen molar-refractivity contribution in [3.63, 3.8) is 0 Å². The van der Waals surface area contributed by atoms with Crippen LogP contribution in [-0.2, 0) is 0 Å². The molecule has 1 saturated heterocycles. The summed E-state index contributed by atoms with van der Waals surface area (Å²) < 4.78 is 1.09. The molecule has 9 heteroatoms. The fraction of sp³-hybridized carbons (Fsp3) is 0.273. The molecule has 1 atom stereocenters. The number of carbonyl (C=O) groups is 1. The van der Waals surface area contributed by atoms with Gasteiger partial charge in [0.25, 0.3) is 5.91 Å². The Morgan fingerprint density at radius 3 is 2.90 bits per heavy atom. The molecule has 1 amide bonds. The van der Waals surface area contributed by atoms with Gasteiger partial charge in [-0.1, -0.05) is 6.07 Å². The third-order valence-corrected chi connectivity index (χ3v) is 7.15. The van der Waals surface area contributed by atoms with Crippen LogP contribution in [0, 0.1) is 0 Å². The Bertz CT molecular complexity index is 1170. The average molecular weight is 453 g/mol. The number of aliphatic imine (C=N–C) groups is 1. The van der Waals surface area contributed by atoms with E-state index in [9.17, 15) is 4.79 Å². The van der Waals surface area contributed by atoms with Gasteiger partial charge in [-0.25, -0.2) is 4.99 Å².